The number of nitrogens with one attached hydrogen (secondary N) is 1. The molecule has 3 aromatic carbocycles. The van der Waals surface area contributed by atoms with Crippen LogP contribution in [0.5, 0.6) is 0 Å². The molecule has 32 heavy (non-hydrogen) atoms. The molecule has 0 atom stereocenters. The number of aryl methyl sites for hydroxylation is 1. The number of piperidine rings is 1. The van der Waals surface area contributed by atoms with Crippen molar-refractivity contribution in [3.8, 4) is 11.1 Å². The van der Waals surface area contributed by atoms with Gasteiger partial charge in [0.15, 0.2) is 0 Å². The van der Waals surface area contributed by atoms with Crippen LogP contribution in [0.15, 0.2) is 83.8 Å². The number of sulfonamides is 1. The average Bonchev–Trinajstić information content (AvgIpc) is 2.84. The van der Waals surface area contributed by atoms with Crippen molar-refractivity contribution in [2.75, 3.05) is 13.1 Å². The molecule has 0 radical (unpaired) electrons. The first kappa shape index (κ1) is 22.2. The number of carbonyl (C=O) groups is 1. The minimum atomic E-state index is -3.56. The van der Waals surface area contributed by atoms with Crippen LogP contribution in [0.25, 0.3) is 11.1 Å². The molecular weight excluding hydrogens is 420 g/mol. The van der Waals surface area contributed by atoms with E-state index >= 15 is 0 Å². The Morgan fingerprint density at radius 2 is 1.47 bits per heavy atom. The predicted molar refractivity (Wildman–Crippen MR) is 127 cm³/mol. The van der Waals surface area contributed by atoms with Crippen LogP contribution < -0.4 is 4.72 Å². The van der Waals surface area contributed by atoms with Gasteiger partial charge in [-0.2, -0.15) is 0 Å². The molecule has 1 amide bonds. The third-order valence-corrected chi connectivity index (χ3v) is 7.52. The molecule has 1 fully saturated rings. The molecular formula is C26H28N2O3S. The summed E-state index contributed by atoms with van der Waals surface area (Å²) in [5, 5.41) is 0. The van der Waals surface area contributed by atoms with E-state index in [1.54, 1.807) is 17.0 Å². The van der Waals surface area contributed by atoms with Gasteiger partial charge < -0.3 is 4.90 Å². The number of hydrogen-bond acceptors (Lipinski definition) is 3. The summed E-state index contributed by atoms with van der Waals surface area (Å²) in [6.07, 6.45) is 2.06. The van der Waals surface area contributed by atoms with Crippen molar-refractivity contribution in [3.05, 3.63) is 90.0 Å². The largest absolute Gasteiger partial charge is 0.339 e. The molecule has 1 N–H and O–H groups in total. The molecule has 0 unspecified atom stereocenters. The molecule has 0 aromatic heterocycles. The third kappa shape index (κ3) is 5.09. The van der Waals surface area contributed by atoms with Crippen LogP contribution in [-0.4, -0.2) is 38.4 Å². The fourth-order valence-electron chi connectivity index (χ4n) is 4.01. The number of amides is 1. The quantitative estimate of drug-likeness (QED) is 0.604. The van der Waals surface area contributed by atoms with E-state index in [9.17, 15) is 13.2 Å². The lowest BCUT2D eigenvalue weighted by Gasteiger charge is -2.32. The van der Waals surface area contributed by atoms with Crippen molar-refractivity contribution in [2.24, 2.45) is 0 Å². The van der Waals surface area contributed by atoms with Gasteiger partial charge in [0.2, 0.25) is 10.0 Å². The Kier molecular flexibility index (Phi) is 6.72. The molecule has 1 heterocycles. The SMILES string of the molecule is CCc1ccc(S(=O)(=O)NC2CCN(C(=O)c3ccc(-c4ccccc4)cc3)CC2)cc1. The Morgan fingerprint density at radius 3 is 2.06 bits per heavy atom. The average molecular weight is 449 g/mol. The molecule has 0 saturated carbocycles. The van der Waals surface area contributed by atoms with Gasteiger partial charge in [0.25, 0.3) is 5.91 Å². The molecule has 0 spiro atoms. The van der Waals surface area contributed by atoms with Crippen molar-refractivity contribution in [2.45, 2.75) is 37.1 Å². The zero-order valence-electron chi connectivity index (χ0n) is 18.2. The van der Waals surface area contributed by atoms with E-state index < -0.39 is 10.0 Å². The summed E-state index contributed by atoms with van der Waals surface area (Å²) in [6, 6.07) is 24.5. The first-order chi connectivity index (χ1) is 15.5. The molecule has 0 aliphatic carbocycles. The summed E-state index contributed by atoms with van der Waals surface area (Å²) in [5.74, 6) is -0.0129. The summed E-state index contributed by atoms with van der Waals surface area (Å²) in [5.41, 5.74) is 3.94. The minimum Gasteiger partial charge on any atom is -0.339 e. The number of hydrogen-bond donors (Lipinski definition) is 1. The van der Waals surface area contributed by atoms with Crippen molar-refractivity contribution in [1.82, 2.24) is 9.62 Å². The summed E-state index contributed by atoms with van der Waals surface area (Å²) < 4.78 is 28.2. The Hall–Kier alpha value is -2.96. The van der Waals surface area contributed by atoms with E-state index in [4.69, 9.17) is 0 Å². The van der Waals surface area contributed by atoms with Crippen LogP contribution in [0.1, 0.15) is 35.7 Å². The number of benzene rings is 3. The van der Waals surface area contributed by atoms with Gasteiger partial charge in [-0.05, 0) is 60.2 Å². The second kappa shape index (κ2) is 9.67. The summed E-state index contributed by atoms with van der Waals surface area (Å²) in [6.45, 7) is 3.09. The first-order valence-corrected chi connectivity index (χ1v) is 12.5. The normalized spacial score (nSPS) is 15.0. The summed E-state index contributed by atoms with van der Waals surface area (Å²) in [7, 11) is -3.56. The van der Waals surface area contributed by atoms with Gasteiger partial charge in [0, 0.05) is 24.7 Å². The lowest BCUT2D eigenvalue weighted by molar-refractivity contribution is 0.0711. The van der Waals surface area contributed by atoms with Crippen LogP contribution in [0, 0.1) is 0 Å². The van der Waals surface area contributed by atoms with Crippen molar-refractivity contribution < 1.29 is 13.2 Å². The zero-order valence-corrected chi connectivity index (χ0v) is 19.0. The number of nitrogens with zero attached hydrogens (tertiary/aromatic N) is 1. The van der Waals surface area contributed by atoms with Crippen LogP contribution in [0.4, 0.5) is 0 Å². The Morgan fingerprint density at radius 1 is 0.875 bits per heavy atom. The Labute approximate surface area is 190 Å². The summed E-state index contributed by atoms with van der Waals surface area (Å²) in [4.78, 5) is 15.0. The molecule has 6 heteroatoms. The number of carbonyl (C=O) groups excluding carboxylic acids is 1. The van der Waals surface area contributed by atoms with E-state index in [0.29, 0.717) is 31.5 Å². The standard InChI is InChI=1S/C26H28N2O3S/c1-2-20-8-14-25(15-9-20)32(30,31)27-24-16-18-28(19-17-24)26(29)23-12-10-22(11-13-23)21-6-4-3-5-7-21/h3-15,24,27H,2,16-19H2,1H3. The van der Waals surface area contributed by atoms with Gasteiger partial charge in [-0.25, -0.2) is 13.1 Å². The monoisotopic (exact) mass is 448 g/mol. The highest BCUT2D eigenvalue weighted by molar-refractivity contribution is 7.89. The predicted octanol–water partition coefficient (Wildman–Crippen LogP) is 4.50. The molecule has 0 bridgehead atoms. The summed E-state index contributed by atoms with van der Waals surface area (Å²) >= 11 is 0. The molecule has 4 rings (SSSR count). The van der Waals surface area contributed by atoms with Gasteiger partial charge in [-0.1, -0.05) is 61.5 Å². The van der Waals surface area contributed by atoms with Crippen molar-refractivity contribution >= 4 is 15.9 Å². The minimum absolute atomic E-state index is 0.0129. The van der Waals surface area contributed by atoms with Crippen LogP contribution >= 0.6 is 0 Å². The fourth-order valence-corrected chi connectivity index (χ4v) is 5.32. The smallest absolute Gasteiger partial charge is 0.253 e. The number of likely N-dealkylation sites (tertiary alicyclic amines) is 1. The second-order valence-corrected chi connectivity index (χ2v) is 9.84. The van der Waals surface area contributed by atoms with Crippen LogP contribution in [-0.2, 0) is 16.4 Å². The number of rotatable bonds is 6. The first-order valence-electron chi connectivity index (χ1n) is 11.0. The highest BCUT2D eigenvalue weighted by Crippen LogP contribution is 2.21. The second-order valence-electron chi connectivity index (χ2n) is 8.13. The molecule has 1 saturated heterocycles. The van der Waals surface area contributed by atoms with Crippen molar-refractivity contribution in [3.63, 3.8) is 0 Å². The van der Waals surface area contributed by atoms with E-state index in [1.165, 1.54) is 0 Å². The molecule has 166 valence electrons. The van der Waals surface area contributed by atoms with Crippen LogP contribution in [0.2, 0.25) is 0 Å². The zero-order chi connectivity index (χ0) is 22.6. The maximum atomic E-state index is 12.9. The highest BCUT2D eigenvalue weighted by Gasteiger charge is 2.27. The highest BCUT2D eigenvalue weighted by atomic mass is 32.2. The van der Waals surface area contributed by atoms with E-state index in [2.05, 4.69) is 4.72 Å². The fraction of sp³-hybridized carbons (Fsp3) is 0.269. The lowest BCUT2D eigenvalue weighted by Crippen LogP contribution is -2.46. The molecule has 5 nitrogen and oxygen atoms in total. The van der Waals surface area contributed by atoms with Gasteiger partial charge >= 0.3 is 0 Å². The van der Waals surface area contributed by atoms with Crippen molar-refractivity contribution in [1.29, 1.82) is 0 Å². The Bertz CT molecular complexity index is 1150. The molecule has 3 aromatic rings. The van der Waals surface area contributed by atoms with Gasteiger partial charge in [0.05, 0.1) is 4.90 Å². The van der Waals surface area contributed by atoms with E-state index in [1.807, 2.05) is 73.7 Å². The lowest BCUT2D eigenvalue weighted by atomic mass is 10.0. The van der Waals surface area contributed by atoms with E-state index in [-0.39, 0.29) is 16.8 Å². The van der Waals surface area contributed by atoms with E-state index in [0.717, 1.165) is 23.1 Å². The van der Waals surface area contributed by atoms with Gasteiger partial charge in [-0.15, -0.1) is 0 Å². The molecule has 1 aliphatic heterocycles. The third-order valence-electron chi connectivity index (χ3n) is 5.98. The maximum absolute atomic E-state index is 12.9. The Balaban J connectivity index is 1.34. The van der Waals surface area contributed by atoms with Crippen LogP contribution in [0.3, 0.4) is 0 Å². The topological polar surface area (TPSA) is 66.5 Å². The molecule has 1 aliphatic rings. The van der Waals surface area contributed by atoms with Gasteiger partial charge in [-0.3, -0.25) is 4.79 Å². The maximum Gasteiger partial charge on any atom is 0.253 e. The van der Waals surface area contributed by atoms with Gasteiger partial charge in [0.1, 0.15) is 0 Å².